The molecule has 0 fully saturated rings. The van der Waals surface area contributed by atoms with Crippen LogP contribution in [-0.4, -0.2) is 38.4 Å². The smallest absolute Gasteiger partial charge is 0.451 e. The van der Waals surface area contributed by atoms with E-state index in [4.69, 9.17) is 15.8 Å². The summed E-state index contributed by atoms with van der Waals surface area (Å²) in [6.07, 6.45) is 5.23. The molecule has 1 aliphatic rings. The molecule has 1 aromatic carbocycles. The summed E-state index contributed by atoms with van der Waals surface area (Å²) in [5.74, 6) is -1.35. The molecule has 0 aliphatic heterocycles. The van der Waals surface area contributed by atoms with Crippen molar-refractivity contribution in [2.75, 3.05) is 0 Å². The van der Waals surface area contributed by atoms with Crippen LogP contribution in [0.15, 0.2) is 30.6 Å². The Labute approximate surface area is 139 Å². The molecule has 2 aromatic rings. The maximum atomic E-state index is 11.9. The number of hydrogen-bond donors (Lipinski definition) is 5. The fourth-order valence-corrected chi connectivity index (χ4v) is 3.66. The number of aliphatic carboxylic acids is 1. The molecule has 1 aromatic heterocycles. The van der Waals surface area contributed by atoms with Crippen molar-refractivity contribution in [3.8, 4) is 11.1 Å². The molecule has 24 heavy (non-hydrogen) atoms. The Balaban J connectivity index is 1.98. The van der Waals surface area contributed by atoms with Crippen LogP contribution < -0.4 is 5.73 Å². The fourth-order valence-electron chi connectivity index (χ4n) is 3.66. The summed E-state index contributed by atoms with van der Waals surface area (Å²) >= 11 is 0. The minimum absolute atomic E-state index is 0.205. The van der Waals surface area contributed by atoms with Crippen LogP contribution >= 0.6 is 0 Å². The van der Waals surface area contributed by atoms with Crippen molar-refractivity contribution in [1.82, 2.24) is 10.2 Å². The minimum Gasteiger partial charge on any atom is -0.480 e. The highest BCUT2D eigenvalue weighted by molar-refractivity contribution is 6.40. The zero-order chi connectivity index (χ0) is 17.3. The number of carboxylic acids is 1. The van der Waals surface area contributed by atoms with E-state index < -0.39 is 18.6 Å². The molecule has 0 spiro atoms. The summed E-state index contributed by atoms with van der Waals surface area (Å²) in [5.41, 5.74) is 8.27. The van der Waals surface area contributed by atoms with Crippen LogP contribution in [0.2, 0.25) is 6.32 Å². The van der Waals surface area contributed by atoms with Crippen LogP contribution in [0.5, 0.6) is 0 Å². The van der Waals surface area contributed by atoms with Gasteiger partial charge in [0.1, 0.15) is 5.54 Å². The number of nitrogens with zero attached hydrogens (tertiary/aromatic N) is 1. The van der Waals surface area contributed by atoms with Gasteiger partial charge in [-0.1, -0.05) is 24.6 Å². The SMILES string of the molecule is N[C@@]1(C(=O)O)c2cccc(-c3cn[nH]c3)c2C[C@@H]1CCCB(O)O. The average molecular weight is 329 g/mol. The number of fused-ring (bicyclic) bond motifs is 1. The lowest BCUT2D eigenvalue weighted by Crippen LogP contribution is -2.48. The zero-order valence-electron chi connectivity index (χ0n) is 13.1. The Morgan fingerprint density at radius 2 is 2.25 bits per heavy atom. The normalized spacial score (nSPS) is 22.4. The van der Waals surface area contributed by atoms with Gasteiger partial charge >= 0.3 is 13.1 Å². The van der Waals surface area contributed by atoms with E-state index >= 15 is 0 Å². The lowest BCUT2D eigenvalue weighted by atomic mass is 9.77. The highest BCUT2D eigenvalue weighted by atomic mass is 16.4. The number of nitrogens with two attached hydrogens (primary N) is 1. The molecule has 1 heterocycles. The van der Waals surface area contributed by atoms with Gasteiger partial charge in [0, 0.05) is 11.8 Å². The minimum atomic E-state index is -1.46. The second-order valence-electron chi connectivity index (χ2n) is 6.31. The van der Waals surface area contributed by atoms with E-state index in [1.807, 2.05) is 12.1 Å². The number of hydrogen-bond acceptors (Lipinski definition) is 5. The van der Waals surface area contributed by atoms with Gasteiger partial charge in [-0.2, -0.15) is 5.10 Å². The quantitative estimate of drug-likeness (QED) is 0.497. The largest absolute Gasteiger partial charge is 0.480 e. The van der Waals surface area contributed by atoms with E-state index in [0.29, 0.717) is 24.8 Å². The van der Waals surface area contributed by atoms with Crippen molar-refractivity contribution in [1.29, 1.82) is 0 Å². The zero-order valence-corrected chi connectivity index (χ0v) is 13.1. The molecular weight excluding hydrogens is 309 g/mol. The van der Waals surface area contributed by atoms with Crippen LogP contribution in [0.4, 0.5) is 0 Å². The first-order valence-corrected chi connectivity index (χ1v) is 7.94. The lowest BCUT2D eigenvalue weighted by molar-refractivity contribution is -0.145. The number of aromatic amines is 1. The van der Waals surface area contributed by atoms with Gasteiger partial charge < -0.3 is 20.9 Å². The third kappa shape index (κ3) is 2.73. The topological polar surface area (TPSA) is 132 Å². The van der Waals surface area contributed by atoms with E-state index in [-0.39, 0.29) is 12.2 Å². The van der Waals surface area contributed by atoms with Crippen LogP contribution in [0, 0.1) is 5.92 Å². The van der Waals surface area contributed by atoms with Gasteiger partial charge in [0.15, 0.2) is 0 Å². The molecule has 8 heteroatoms. The van der Waals surface area contributed by atoms with Gasteiger partial charge in [-0.25, -0.2) is 4.79 Å². The standard InChI is InChI=1S/C16H20BN3O4/c18-16(15(21)22)11(3-2-6-17(23)24)7-13-12(4-1-5-14(13)16)10-8-19-20-9-10/h1,4-5,8-9,11,23-24H,2-3,6-7,18H2,(H,19,20)(H,21,22)/t11-,16+/m0/s1. The maximum absolute atomic E-state index is 11.9. The molecule has 0 bridgehead atoms. The molecule has 126 valence electrons. The third-order valence-corrected chi connectivity index (χ3v) is 4.89. The Kier molecular flexibility index (Phi) is 4.44. The molecule has 7 nitrogen and oxygen atoms in total. The summed E-state index contributed by atoms with van der Waals surface area (Å²) < 4.78 is 0. The second kappa shape index (κ2) is 6.39. The molecule has 0 unspecified atom stereocenters. The van der Waals surface area contributed by atoms with Crippen molar-refractivity contribution in [2.45, 2.75) is 31.1 Å². The molecular formula is C16H20BN3O4. The predicted molar refractivity (Wildman–Crippen MR) is 89.0 cm³/mol. The Morgan fingerprint density at radius 1 is 1.46 bits per heavy atom. The molecule has 0 saturated carbocycles. The Morgan fingerprint density at radius 3 is 2.88 bits per heavy atom. The van der Waals surface area contributed by atoms with Crippen molar-refractivity contribution >= 4 is 13.1 Å². The third-order valence-electron chi connectivity index (χ3n) is 4.89. The summed E-state index contributed by atoms with van der Waals surface area (Å²) in [6, 6.07) is 5.52. The molecule has 0 radical (unpaired) electrons. The molecule has 3 rings (SSSR count). The monoisotopic (exact) mass is 329 g/mol. The number of aromatic nitrogens is 2. The van der Waals surface area contributed by atoms with Crippen LogP contribution in [0.1, 0.15) is 24.0 Å². The van der Waals surface area contributed by atoms with E-state index in [1.54, 1.807) is 18.5 Å². The summed E-state index contributed by atoms with van der Waals surface area (Å²) in [6.45, 7) is 0. The first kappa shape index (κ1) is 16.7. The Hall–Kier alpha value is -2.16. The first-order valence-electron chi connectivity index (χ1n) is 7.94. The number of H-pyrrole nitrogens is 1. The molecule has 0 amide bonds. The lowest BCUT2D eigenvalue weighted by Gasteiger charge is -2.28. The molecule has 0 saturated heterocycles. The summed E-state index contributed by atoms with van der Waals surface area (Å²) in [5, 5.41) is 34.5. The highest BCUT2D eigenvalue weighted by Crippen LogP contribution is 2.45. The highest BCUT2D eigenvalue weighted by Gasteiger charge is 2.50. The van der Waals surface area contributed by atoms with E-state index in [2.05, 4.69) is 10.2 Å². The number of benzene rings is 1. The van der Waals surface area contributed by atoms with Crippen LogP contribution in [0.3, 0.4) is 0 Å². The number of carboxylic acid groups (broad SMARTS) is 1. The summed E-state index contributed by atoms with van der Waals surface area (Å²) in [4.78, 5) is 11.9. The van der Waals surface area contributed by atoms with Crippen molar-refractivity contribution < 1.29 is 19.9 Å². The maximum Gasteiger partial charge on any atom is 0.451 e. The molecule has 6 N–H and O–H groups in total. The Bertz CT molecular complexity index is 735. The van der Waals surface area contributed by atoms with Gasteiger partial charge in [0.05, 0.1) is 6.20 Å². The summed E-state index contributed by atoms with van der Waals surface area (Å²) in [7, 11) is -1.38. The van der Waals surface area contributed by atoms with Crippen molar-refractivity contribution in [2.24, 2.45) is 11.7 Å². The second-order valence-corrected chi connectivity index (χ2v) is 6.31. The van der Waals surface area contributed by atoms with Gasteiger partial charge in [0.2, 0.25) is 0 Å². The number of rotatable bonds is 6. The molecule has 2 atom stereocenters. The van der Waals surface area contributed by atoms with Gasteiger partial charge in [-0.15, -0.1) is 0 Å². The van der Waals surface area contributed by atoms with E-state index in [0.717, 1.165) is 16.7 Å². The number of carbonyl (C=O) groups is 1. The fraction of sp³-hybridized carbons (Fsp3) is 0.375. The van der Waals surface area contributed by atoms with Crippen molar-refractivity contribution in [3.63, 3.8) is 0 Å². The predicted octanol–water partition coefficient (Wildman–Crippen LogP) is 0.741. The van der Waals surface area contributed by atoms with E-state index in [9.17, 15) is 9.90 Å². The van der Waals surface area contributed by atoms with Crippen LogP contribution in [0.25, 0.3) is 11.1 Å². The van der Waals surface area contributed by atoms with Gasteiger partial charge in [0.25, 0.3) is 0 Å². The van der Waals surface area contributed by atoms with Crippen molar-refractivity contribution in [3.05, 3.63) is 41.7 Å². The first-order chi connectivity index (χ1) is 11.4. The molecule has 1 aliphatic carbocycles. The average Bonchev–Trinajstić information content (AvgIpc) is 3.15. The van der Waals surface area contributed by atoms with E-state index in [1.165, 1.54) is 0 Å². The number of nitrogens with one attached hydrogen (secondary N) is 1. The van der Waals surface area contributed by atoms with Gasteiger partial charge in [-0.05, 0) is 41.8 Å². The van der Waals surface area contributed by atoms with Gasteiger partial charge in [-0.3, -0.25) is 5.10 Å². The van der Waals surface area contributed by atoms with Crippen LogP contribution in [-0.2, 0) is 16.8 Å².